The molecule has 2 rings (SSSR count). The number of rotatable bonds is 3. The Bertz CT molecular complexity index is 513. The maximum Gasteiger partial charge on any atom is 0.395 e. The number of hydrogen-bond donors (Lipinski definition) is 0. The maximum atomic E-state index is 12.2. The maximum absolute atomic E-state index is 12.2. The van der Waals surface area contributed by atoms with E-state index >= 15 is 0 Å². The fourth-order valence-electron chi connectivity index (χ4n) is 1.38. The smallest absolute Gasteiger partial charge is 0.171 e. The summed E-state index contributed by atoms with van der Waals surface area (Å²) in [6.45, 7) is 0. The van der Waals surface area contributed by atoms with Crippen LogP contribution in [0, 0.1) is 0 Å². The Morgan fingerprint density at radius 2 is 1.83 bits per heavy atom. The van der Waals surface area contributed by atoms with Crippen molar-refractivity contribution in [3.63, 3.8) is 0 Å². The van der Waals surface area contributed by atoms with Crippen molar-refractivity contribution in [1.29, 1.82) is 0 Å². The summed E-state index contributed by atoms with van der Waals surface area (Å²) >= 11 is 7.03. The molecule has 96 valence electrons. The van der Waals surface area contributed by atoms with Gasteiger partial charge >= 0.3 is 6.18 Å². The van der Waals surface area contributed by atoms with Crippen molar-refractivity contribution in [2.24, 2.45) is 0 Å². The Hall–Kier alpha value is -1.14. The minimum atomic E-state index is -4.27. The van der Waals surface area contributed by atoms with Crippen LogP contribution < -0.4 is 0 Å². The van der Waals surface area contributed by atoms with Crippen LogP contribution in [0.15, 0.2) is 30.3 Å². The van der Waals surface area contributed by atoms with Crippen molar-refractivity contribution in [2.75, 3.05) is 0 Å². The molecule has 0 N–H and O–H groups in total. The number of halogens is 4. The first-order valence-corrected chi connectivity index (χ1v) is 6.29. The molecule has 0 aliphatic carbocycles. The van der Waals surface area contributed by atoms with Gasteiger partial charge in [-0.25, -0.2) is 0 Å². The summed E-state index contributed by atoms with van der Waals surface area (Å²) in [7, 11) is 0. The third-order valence-corrected chi connectivity index (χ3v) is 3.72. The minimum absolute atomic E-state index is 0.0703. The molecule has 0 amide bonds. The zero-order chi connectivity index (χ0) is 13.2. The normalized spacial score (nSPS) is 13.6. The van der Waals surface area contributed by atoms with Crippen LogP contribution in [0.2, 0.25) is 0 Å². The van der Waals surface area contributed by atoms with E-state index in [4.69, 9.17) is 11.6 Å². The molecule has 2 aromatic rings. The Labute approximate surface area is 110 Å². The molecule has 1 unspecified atom stereocenters. The van der Waals surface area contributed by atoms with E-state index in [0.717, 1.165) is 16.9 Å². The molecular weight excluding hydrogens is 285 g/mol. The average molecular weight is 293 g/mol. The molecule has 2 nitrogen and oxygen atoms in total. The van der Waals surface area contributed by atoms with Gasteiger partial charge in [-0.1, -0.05) is 41.7 Å². The summed E-state index contributed by atoms with van der Waals surface area (Å²) < 4.78 is 36.5. The SMILES string of the molecule is FC(F)(F)Cc1nnc(C(Cl)c2ccccc2)s1. The van der Waals surface area contributed by atoms with Gasteiger partial charge in [0.15, 0.2) is 0 Å². The van der Waals surface area contributed by atoms with Gasteiger partial charge in [0, 0.05) is 0 Å². The van der Waals surface area contributed by atoms with Gasteiger partial charge in [0.25, 0.3) is 0 Å². The van der Waals surface area contributed by atoms with Crippen LogP contribution in [0.25, 0.3) is 0 Å². The molecule has 0 aliphatic rings. The first kappa shape index (κ1) is 13.3. The van der Waals surface area contributed by atoms with Gasteiger partial charge in [-0.05, 0) is 5.56 Å². The highest BCUT2D eigenvalue weighted by Crippen LogP contribution is 2.32. The van der Waals surface area contributed by atoms with Crippen LogP contribution in [-0.2, 0) is 6.42 Å². The zero-order valence-corrected chi connectivity index (χ0v) is 10.6. The molecular formula is C11H8ClF3N2S. The zero-order valence-electron chi connectivity index (χ0n) is 8.99. The van der Waals surface area contributed by atoms with Crippen molar-refractivity contribution in [1.82, 2.24) is 10.2 Å². The molecule has 1 aromatic carbocycles. The summed E-state index contributed by atoms with van der Waals surface area (Å²) in [6, 6.07) is 9.04. The van der Waals surface area contributed by atoms with E-state index in [1.54, 1.807) is 12.1 Å². The van der Waals surface area contributed by atoms with Crippen LogP contribution in [0.4, 0.5) is 13.2 Å². The lowest BCUT2D eigenvalue weighted by molar-refractivity contribution is -0.127. The van der Waals surface area contributed by atoms with Gasteiger partial charge in [-0.15, -0.1) is 21.8 Å². The number of benzene rings is 1. The van der Waals surface area contributed by atoms with Gasteiger partial charge < -0.3 is 0 Å². The van der Waals surface area contributed by atoms with E-state index < -0.39 is 18.0 Å². The largest absolute Gasteiger partial charge is 0.395 e. The molecule has 0 saturated carbocycles. The number of alkyl halides is 4. The highest BCUT2D eigenvalue weighted by Gasteiger charge is 2.30. The molecule has 1 aromatic heterocycles. The first-order valence-electron chi connectivity index (χ1n) is 5.04. The van der Waals surface area contributed by atoms with Crippen molar-refractivity contribution >= 4 is 22.9 Å². The molecule has 1 atom stereocenters. The highest BCUT2D eigenvalue weighted by molar-refractivity contribution is 7.11. The fourth-order valence-corrected chi connectivity index (χ4v) is 2.58. The molecule has 0 aliphatic heterocycles. The number of nitrogens with zero attached hydrogens (tertiary/aromatic N) is 2. The van der Waals surface area contributed by atoms with Crippen molar-refractivity contribution < 1.29 is 13.2 Å². The van der Waals surface area contributed by atoms with Crippen LogP contribution >= 0.6 is 22.9 Å². The summed E-state index contributed by atoms with van der Waals surface area (Å²) in [4.78, 5) is 0. The van der Waals surface area contributed by atoms with E-state index in [0.29, 0.717) is 5.01 Å². The summed E-state index contributed by atoms with van der Waals surface area (Å²) in [5.41, 5.74) is 0.786. The van der Waals surface area contributed by atoms with Crippen LogP contribution in [0.3, 0.4) is 0 Å². The lowest BCUT2D eigenvalue weighted by Gasteiger charge is -2.04. The van der Waals surface area contributed by atoms with Crippen molar-refractivity contribution in [3.05, 3.63) is 45.9 Å². The second kappa shape index (κ2) is 5.24. The topological polar surface area (TPSA) is 25.8 Å². The third kappa shape index (κ3) is 3.43. The molecule has 0 radical (unpaired) electrons. The van der Waals surface area contributed by atoms with E-state index in [1.165, 1.54) is 0 Å². The number of hydrogen-bond acceptors (Lipinski definition) is 3. The molecule has 18 heavy (non-hydrogen) atoms. The van der Waals surface area contributed by atoms with Gasteiger partial charge in [-0.3, -0.25) is 0 Å². The van der Waals surface area contributed by atoms with Gasteiger partial charge in [0.05, 0.1) is 6.42 Å². The Kier molecular flexibility index (Phi) is 3.87. The van der Waals surface area contributed by atoms with E-state index in [9.17, 15) is 13.2 Å². The first-order chi connectivity index (χ1) is 8.46. The van der Waals surface area contributed by atoms with Gasteiger partial charge in [-0.2, -0.15) is 13.2 Å². The molecule has 0 spiro atoms. The lowest BCUT2D eigenvalue weighted by atomic mass is 10.1. The van der Waals surface area contributed by atoms with E-state index in [1.807, 2.05) is 18.2 Å². The van der Waals surface area contributed by atoms with Crippen LogP contribution in [0.5, 0.6) is 0 Å². The Balaban J connectivity index is 2.15. The van der Waals surface area contributed by atoms with Gasteiger partial charge in [0.2, 0.25) is 0 Å². The summed E-state index contributed by atoms with van der Waals surface area (Å²) in [6.07, 6.45) is -5.34. The highest BCUT2D eigenvalue weighted by atomic mass is 35.5. The van der Waals surface area contributed by atoms with Crippen LogP contribution in [0.1, 0.15) is 21.0 Å². The quantitative estimate of drug-likeness (QED) is 0.800. The fraction of sp³-hybridized carbons (Fsp3) is 0.273. The van der Waals surface area contributed by atoms with Crippen molar-refractivity contribution in [2.45, 2.75) is 18.0 Å². The average Bonchev–Trinajstić information content (AvgIpc) is 2.75. The van der Waals surface area contributed by atoms with E-state index in [2.05, 4.69) is 10.2 Å². The molecule has 0 saturated heterocycles. The van der Waals surface area contributed by atoms with Crippen molar-refractivity contribution in [3.8, 4) is 0 Å². The molecule has 0 bridgehead atoms. The van der Waals surface area contributed by atoms with E-state index in [-0.39, 0.29) is 5.01 Å². The second-order valence-corrected chi connectivity index (χ2v) is 5.13. The predicted molar refractivity (Wildman–Crippen MR) is 63.8 cm³/mol. The molecule has 7 heteroatoms. The summed E-state index contributed by atoms with van der Waals surface area (Å²) in [5, 5.41) is 6.97. The minimum Gasteiger partial charge on any atom is -0.171 e. The Morgan fingerprint density at radius 1 is 1.17 bits per heavy atom. The molecule has 0 fully saturated rings. The van der Waals surface area contributed by atoms with Crippen LogP contribution in [-0.4, -0.2) is 16.4 Å². The monoisotopic (exact) mass is 292 g/mol. The predicted octanol–water partition coefficient (Wildman–Crippen LogP) is 3.97. The Morgan fingerprint density at radius 3 is 2.44 bits per heavy atom. The lowest BCUT2D eigenvalue weighted by Crippen LogP contribution is -2.11. The van der Waals surface area contributed by atoms with Gasteiger partial charge in [0.1, 0.15) is 15.4 Å². The molecule has 1 heterocycles. The summed E-state index contributed by atoms with van der Waals surface area (Å²) in [5.74, 6) is 0. The standard InChI is InChI=1S/C11H8ClF3N2S/c12-9(7-4-2-1-3-5-7)10-17-16-8(18-10)6-11(13,14)15/h1-5,9H,6H2. The number of aromatic nitrogens is 2. The third-order valence-electron chi connectivity index (χ3n) is 2.14. The second-order valence-electron chi connectivity index (χ2n) is 3.60.